The quantitative estimate of drug-likeness (QED) is 0.0229. The van der Waals surface area contributed by atoms with Crippen LogP contribution in [0.2, 0.25) is 0 Å². The minimum atomic E-state index is -1.94. The molecule has 1 saturated heterocycles. The van der Waals surface area contributed by atoms with E-state index in [4.69, 9.17) is 23.7 Å². The molecule has 1 fully saturated rings. The van der Waals surface area contributed by atoms with Gasteiger partial charge in [0.2, 0.25) is 0 Å². The van der Waals surface area contributed by atoms with Gasteiger partial charge in [0.15, 0.2) is 24.6 Å². The molecular formula is C59H90O12. The van der Waals surface area contributed by atoms with Crippen LogP contribution in [0.3, 0.4) is 0 Å². The van der Waals surface area contributed by atoms with Crippen molar-refractivity contribution in [3.63, 3.8) is 0 Å². The van der Waals surface area contributed by atoms with Crippen LogP contribution in [0, 0.1) is 0 Å². The van der Waals surface area contributed by atoms with Crippen molar-refractivity contribution in [3.8, 4) is 0 Å². The number of ether oxygens (including phenoxy) is 5. The first-order valence-corrected chi connectivity index (χ1v) is 26.5. The first-order valence-electron chi connectivity index (χ1n) is 26.5. The Balaban J connectivity index is 2.80. The van der Waals surface area contributed by atoms with Gasteiger partial charge in [-0.3, -0.25) is 14.4 Å². The van der Waals surface area contributed by atoms with E-state index >= 15 is 0 Å². The number of unbranched alkanes of at least 4 members (excludes halogenated alkanes) is 8. The molecule has 12 heteroatoms. The van der Waals surface area contributed by atoms with E-state index in [-0.39, 0.29) is 25.9 Å². The van der Waals surface area contributed by atoms with Gasteiger partial charge >= 0.3 is 23.9 Å². The maximum absolute atomic E-state index is 13.0. The Morgan fingerprint density at radius 3 is 1.46 bits per heavy atom. The highest BCUT2D eigenvalue weighted by Crippen LogP contribution is 2.26. The largest absolute Gasteiger partial charge is 0.479 e. The molecule has 1 heterocycles. The summed E-state index contributed by atoms with van der Waals surface area (Å²) in [5, 5.41) is 31.3. The maximum Gasteiger partial charge on any atom is 0.335 e. The summed E-state index contributed by atoms with van der Waals surface area (Å²) in [4.78, 5) is 50.8. The van der Waals surface area contributed by atoms with Crippen molar-refractivity contribution in [1.82, 2.24) is 0 Å². The van der Waals surface area contributed by atoms with Crippen molar-refractivity contribution in [2.45, 2.75) is 212 Å². The van der Waals surface area contributed by atoms with Crippen LogP contribution in [-0.2, 0) is 42.9 Å². The number of allylic oxidation sites excluding steroid dienone is 20. The summed E-state index contributed by atoms with van der Waals surface area (Å²) in [6, 6.07) is 0. The Bertz CT molecular complexity index is 1700. The van der Waals surface area contributed by atoms with Crippen molar-refractivity contribution < 1.29 is 58.2 Å². The molecule has 0 aromatic rings. The molecule has 1 rings (SSSR count). The molecule has 1 aliphatic heterocycles. The van der Waals surface area contributed by atoms with E-state index < -0.39 is 67.3 Å². The molecule has 3 N–H and O–H groups in total. The molecule has 0 saturated carbocycles. The predicted molar refractivity (Wildman–Crippen MR) is 284 cm³/mol. The van der Waals surface area contributed by atoms with Gasteiger partial charge in [0.1, 0.15) is 18.8 Å². The fraction of sp³-hybridized carbons (Fsp3) is 0.593. The van der Waals surface area contributed by atoms with Crippen LogP contribution in [0.5, 0.6) is 0 Å². The SMILES string of the molecule is CC/C=C\C/C=C\C/C=C\C/C=C\C/C=C\CCCC(=O)OC1C(OCC(COC(=O)CC/C=C\C/C=C\C/C=C\C/C=C\CC)OC(=O)CCCCCCC/C=C\CCCC)OC(C(=O)O)C(O)C1O. The molecular weight excluding hydrogens is 901 g/mol. The lowest BCUT2D eigenvalue weighted by Gasteiger charge is -2.40. The lowest BCUT2D eigenvalue weighted by Crippen LogP contribution is -2.61. The van der Waals surface area contributed by atoms with Crippen LogP contribution in [-0.4, -0.2) is 89.2 Å². The third-order valence-electron chi connectivity index (χ3n) is 11.0. The summed E-state index contributed by atoms with van der Waals surface area (Å²) in [6.07, 6.45) is 50.7. The lowest BCUT2D eigenvalue weighted by molar-refractivity contribution is -0.301. The number of aliphatic carboxylic acids is 1. The average Bonchev–Trinajstić information content (AvgIpc) is 3.35. The van der Waals surface area contributed by atoms with E-state index in [0.717, 1.165) is 96.3 Å². The highest BCUT2D eigenvalue weighted by atomic mass is 16.7. The summed E-state index contributed by atoms with van der Waals surface area (Å²) in [6.45, 7) is 5.58. The van der Waals surface area contributed by atoms with Crippen molar-refractivity contribution in [2.75, 3.05) is 13.2 Å². The molecule has 0 aromatic heterocycles. The number of carbonyl (C=O) groups excluding carboxylic acids is 3. The minimum Gasteiger partial charge on any atom is -0.479 e. The number of hydrogen-bond donors (Lipinski definition) is 3. The summed E-state index contributed by atoms with van der Waals surface area (Å²) in [5.41, 5.74) is 0. The van der Waals surface area contributed by atoms with E-state index in [9.17, 15) is 34.5 Å². The Labute approximate surface area is 427 Å². The normalized spacial score (nSPS) is 19.5. The zero-order valence-electron chi connectivity index (χ0n) is 43.4. The van der Waals surface area contributed by atoms with Crippen LogP contribution in [0.25, 0.3) is 0 Å². The Kier molecular flexibility index (Phi) is 41.7. The molecule has 0 aromatic carbocycles. The molecule has 6 unspecified atom stereocenters. The van der Waals surface area contributed by atoms with Crippen LogP contribution in [0.1, 0.15) is 175 Å². The van der Waals surface area contributed by atoms with E-state index in [0.29, 0.717) is 25.7 Å². The molecule has 12 nitrogen and oxygen atoms in total. The Morgan fingerprint density at radius 1 is 0.479 bits per heavy atom. The molecule has 6 atom stereocenters. The number of aliphatic hydroxyl groups is 2. The highest BCUT2D eigenvalue weighted by Gasteiger charge is 2.50. The maximum atomic E-state index is 13.0. The Hall–Kier alpha value is -4.88. The monoisotopic (exact) mass is 991 g/mol. The predicted octanol–water partition coefficient (Wildman–Crippen LogP) is 12.9. The van der Waals surface area contributed by atoms with Gasteiger partial charge in [0.25, 0.3) is 0 Å². The summed E-state index contributed by atoms with van der Waals surface area (Å²) < 4.78 is 28.1. The third-order valence-corrected chi connectivity index (χ3v) is 11.0. The van der Waals surface area contributed by atoms with Gasteiger partial charge in [-0.05, 0) is 103 Å². The number of carboxylic acids is 1. The zero-order chi connectivity index (χ0) is 51.8. The molecule has 0 bridgehead atoms. The fourth-order valence-corrected chi connectivity index (χ4v) is 6.98. The fourth-order valence-electron chi connectivity index (χ4n) is 6.98. The second-order valence-corrected chi connectivity index (χ2v) is 17.4. The topological polar surface area (TPSA) is 175 Å². The van der Waals surface area contributed by atoms with Crippen LogP contribution in [0.15, 0.2) is 122 Å². The molecule has 0 aliphatic carbocycles. The zero-order valence-corrected chi connectivity index (χ0v) is 43.4. The second-order valence-electron chi connectivity index (χ2n) is 17.4. The minimum absolute atomic E-state index is 0.0318. The Morgan fingerprint density at radius 2 is 0.930 bits per heavy atom. The van der Waals surface area contributed by atoms with Gasteiger partial charge in [-0.2, -0.15) is 0 Å². The molecule has 1 aliphatic rings. The molecule has 71 heavy (non-hydrogen) atoms. The number of aliphatic hydroxyl groups excluding tert-OH is 2. The lowest BCUT2D eigenvalue weighted by atomic mass is 9.98. The van der Waals surface area contributed by atoms with Gasteiger partial charge in [0.05, 0.1) is 6.61 Å². The van der Waals surface area contributed by atoms with Crippen molar-refractivity contribution >= 4 is 23.9 Å². The van der Waals surface area contributed by atoms with E-state index in [2.05, 4.69) is 118 Å². The van der Waals surface area contributed by atoms with Crippen LogP contribution in [0.4, 0.5) is 0 Å². The number of rotatable bonds is 42. The number of carboxylic acid groups (broad SMARTS) is 1. The molecule has 0 spiro atoms. The van der Waals surface area contributed by atoms with Gasteiger partial charge in [-0.1, -0.05) is 174 Å². The molecule has 0 radical (unpaired) electrons. The van der Waals surface area contributed by atoms with E-state index in [1.54, 1.807) is 0 Å². The summed E-state index contributed by atoms with van der Waals surface area (Å²) in [5.74, 6) is -3.34. The third kappa shape index (κ3) is 36.7. The summed E-state index contributed by atoms with van der Waals surface area (Å²) in [7, 11) is 0. The molecule has 398 valence electrons. The van der Waals surface area contributed by atoms with Gasteiger partial charge < -0.3 is 39.0 Å². The van der Waals surface area contributed by atoms with Crippen LogP contribution >= 0.6 is 0 Å². The standard InChI is InChI=1S/C59H90O12/c1-4-7-10-13-16-19-22-24-25-26-27-29-32-35-38-41-44-47-53(62)70-57-55(64)54(63)56(58(65)66)71-59(57)68-49-50(69-52(61)46-43-40-37-34-30-21-18-15-12-9-6-3)48-67-51(60)45-42-39-36-33-31-28-23-20-17-14-11-8-5-2/h7-8,10-11,15-20,24-25,27-29,31,35-36,38-39,50,54-57,59,63-64H,4-6,9,12-14,21-23,26,30,32-34,37,40-49H2,1-3H3,(H,65,66)/b10-7-,11-8-,18-15-,19-16-,20-17-,25-24-,29-27-,31-28-,38-35-,39-36-. The van der Waals surface area contributed by atoms with Crippen molar-refractivity contribution in [1.29, 1.82) is 0 Å². The van der Waals surface area contributed by atoms with Gasteiger partial charge in [-0.15, -0.1) is 0 Å². The first kappa shape index (κ1) is 64.1. The number of carbonyl (C=O) groups is 4. The van der Waals surface area contributed by atoms with Crippen molar-refractivity contribution in [2.24, 2.45) is 0 Å². The van der Waals surface area contributed by atoms with Crippen molar-refractivity contribution in [3.05, 3.63) is 122 Å². The second kappa shape index (κ2) is 46.2. The van der Waals surface area contributed by atoms with E-state index in [1.165, 1.54) is 12.8 Å². The first-order chi connectivity index (χ1) is 34.6. The number of hydrogen-bond acceptors (Lipinski definition) is 11. The average molecular weight is 991 g/mol. The van der Waals surface area contributed by atoms with Gasteiger partial charge in [0, 0.05) is 19.3 Å². The smallest absolute Gasteiger partial charge is 0.335 e. The summed E-state index contributed by atoms with van der Waals surface area (Å²) >= 11 is 0. The van der Waals surface area contributed by atoms with Gasteiger partial charge in [-0.25, -0.2) is 4.79 Å². The molecule has 0 amide bonds. The highest BCUT2D eigenvalue weighted by molar-refractivity contribution is 5.74. The van der Waals surface area contributed by atoms with E-state index in [1.807, 2.05) is 24.3 Å². The van der Waals surface area contributed by atoms with Crippen LogP contribution < -0.4 is 0 Å². The number of esters is 3.